The zero-order valence-corrected chi connectivity index (χ0v) is 14.5. The second-order valence-electron chi connectivity index (χ2n) is 6.42. The van der Waals surface area contributed by atoms with Crippen molar-refractivity contribution in [1.29, 1.82) is 0 Å². The maximum absolute atomic E-state index is 9.47. The van der Waals surface area contributed by atoms with Crippen molar-refractivity contribution in [2.45, 2.75) is 40.2 Å². The first-order valence-corrected chi connectivity index (χ1v) is 8.30. The highest BCUT2D eigenvalue weighted by Gasteiger charge is 2.20. The molecular formula is C18H21N5O2. The highest BCUT2D eigenvalue weighted by molar-refractivity contribution is 5.65. The molecule has 0 fully saturated rings. The summed E-state index contributed by atoms with van der Waals surface area (Å²) in [6, 6.07) is 7.92. The number of aryl methyl sites for hydroxylation is 2. The van der Waals surface area contributed by atoms with Gasteiger partial charge in [0.05, 0.1) is 23.6 Å². The molecule has 1 aliphatic rings. The lowest BCUT2D eigenvalue weighted by Gasteiger charge is -2.12. The number of nitrogens with one attached hydrogen (secondary N) is 2. The molecule has 25 heavy (non-hydrogen) atoms. The molecule has 0 saturated carbocycles. The minimum Gasteiger partial charge on any atom is -0.487 e. The van der Waals surface area contributed by atoms with Gasteiger partial charge >= 0.3 is 0 Å². The summed E-state index contributed by atoms with van der Waals surface area (Å²) in [7, 11) is 0. The van der Waals surface area contributed by atoms with Crippen LogP contribution in [-0.4, -0.2) is 31.3 Å². The molecule has 3 heterocycles. The van der Waals surface area contributed by atoms with E-state index in [2.05, 4.69) is 21.6 Å². The number of ether oxygens (including phenoxy) is 1. The van der Waals surface area contributed by atoms with Crippen LogP contribution in [0.25, 0.3) is 11.3 Å². The summed E-state index contributed by atoms with van der Waals surface area (Å²) >= 11 is 0. The summed E-state index contributed by atoms with van der Waals surface area (Å²) in [6.45, 7) is 6.77. The van der Waals surface area contributed by atoms with Crippen molar-refractivity contribution in [3.63, 3.8) is 0 Å². The molecule has 1 aliphatic heterocycles. The molecular weight excluding hydrogens is 318 g/mol. The average Bonchev–Trinajstić information content (AvgIpc) is 3.04. The number of aliphatic hydroxyl groups is 1. The van der Waals surface area contributed by atoms with Crippen LogP contribution in [0.2, 0.25) is 0 Å². The van der Waals surface area contributed by atoms with Crippen molar-refractivity contribution in [2.24, 2.45) is 0 Å². The van der Waals surface area contributed by atoms with Crippen LogP contribution in [0.4, 0.5) is 5.69 Å². The van der Waals surface area contributed by atoms with Gasteiger partial charge in [0.15, 0.2) is 0 Å². The van der Waals surface area contributed by atoms with Crippen molar-refractivity contribution in [3.05, 3.63) is 46.9 Å². The molecule has 0 aliphatic carbocycles. The smallest absolute Gasteiger partial charge is 0.130 e. The van der Waals surface area contributed by atoms with E-state index in [4.69, 9.17) is 9.84 Å². The molecule has 0 radical (unpaired) electrons. The Kier molecular flexibility index (Phi) is 3.73. The number of anilines is 1. The van der Waals surface area contributed by atoms with E-state index in [1.807, 2.05) is 36.7 Å². The van der Waals surface area contributed by atoms with Crippen LogP contribution < -0.4 is 10.1 Å². The molecule has 3 aromatic rings. The molecule has 0 bridgehead atoms. The first-order valence-electron chi connectivity index (χ1n) is 8.30. The van der Waals surface area contributed by atoms with E-state index in [0.717, 1.165) is 45.3 Å². The first kappa shape index (κ1) is 15.7. The van der Waals surface area contributed by atoms with Gasteiger partial charge in [0.1, 0.15) is 18.6 Å². The van der Waals surface area contributed by atoms with E-state index >= 15 is 0 Å². The topological polar surface area (TPSA) is 88.0 Å². The van der Waals surface area contributed by atoms with Gasteiger partial charge in [-0.1, -0.05) is 6.07 Å². The van der Waals surface area contributed by atoms with Crippen molar-refractivity contribution in [3.8, 4) is 17.0 Å². The molecule has 1 unspecified atom stereocenters. The number of hydrogen-bond acceptors (Lipinski definition) is 5. The molecule has 130 valence electrons. The van der Waals surface area contributed by atoms with Gasteiger partial charge in [0, 0.05) is 28.6 Å². The summed E-state index contributed by atoms with van der Waals surface area (Å²) in [5, 5.41) is 24.5. The number of aliphatic hydroxyl groups excluding tert-OH is 1. The second-order valence-corrected chi connectivity index (χ2v) is 6.42. The van der Waals surface area contributed by atoms with Crippen LogP contribution in [0.5, 0.6) is 5.75 Å². The van der Waals surface area contributed by atoms with Crippen LogP contribution in [0.15, 0.2) is 24.3 Å². The molecule has 7 heteroatoms. The van der Waals surface area contributed by atoms with E-state index < -0.39 is 6.23 Å². The summed E-state index contributed by atoms with van der Waals surface area (Å²) < 4.78 is 7.96. The van der Waals surface area contributed by atoms with E-state index in [9.17, 15) is 5.11 Å². The summed E-state index contributed by atoms with van der Waals surface area (Å²) in [6.07, 6.45) is -0.608. The van der Waals surface area contributed by atoms with Gasteiger partial charge in [0.2, 0.25) is 0 Å². The van der Waals surface area contributed by atoms with Gasteiger partial charge in [-0.05, 0) is 32.9 Å². The molecule has 2 aromatic heterocycles. The number of aromatic amines is 1. The van der Waals surface area contributed by atoms with Crippen LogP contribution >= 0.6 is 0 Å². The van der Waals surface area contributed by atoms with E-state index in [-0.39, 0.29) is 0 Å². The Morgan fingerprint density at radius 2 is 2.16 bits per heavy atom. The molecule has 1 aromatic carbocycles. The predicted molar refractivity (Wildman–Crippen MR) is 94.5 cm³/mol. The standard InChI is InChI=1S/C18H21N5O2/c1-10-18(11(2)21-20-10)16-7-15-9-25-17-6-14(19-12(3)24)5-4-13(17)8-23(15)22-16/h4-7,12,19,24H,8-9H2,1-3H3,(H,20,21). The number of aromatic nitrogens is 4. The normalized spacial score (nSPS) is 14.2. The van der Waals surface area contributed by atoms with Gasteiger partial charge in [-0.15, -0.1) is 0 Å². The summed E-state index contributed by atoms with van der Waals surface area (Å²) in [5.41, 5.74) is 6.84. The van der Waals surface area contributed by atoms with Gasteiger partial charge in [-0.2, -0.15) is 10.2 Å². The van der Waals surface area contributed by atoms with Gasteiger partial charge < -0.3 is 15.2 Å². The maximum Gasteiger partial charge on any atom is 0.130 e. The third-order valence-electron chi connectivity index (χ3n) is 4.39. The molecule has 3 N–H and O–H groups in total. The van der Waals surface area contributed by atoms with E-state index in [1.54, 1.807) is 6.92 Å². The third-order valence-corrected chi connectivity index (χ3v) is 4.39. The monoisotopic (exact) mass is 339 g/mol. The van der Waals surface area contributed by atoms with Crippen LogP contribution in [0, 0.1) is 13.8 Å². The fourth-order valence-corrected chi connectivity index (χ4v) is 3.22. The quantitative estimate of drug-likeness (QED) is 0.638. The van der Waals surface area contributed by atoms with Crippen LogP contribution in [-0.2, 0) is 13.2 Å². The SMILES string of the molecule is Cc1n[nH]c(C)c1-c1cc2n(n1)Cc1ccc(NC(C)O)cc1OC2. The zero-order valence-electron chi connectivity index (χ0n) is 14.5. The lowest BCUT2D eigenvalue weighted by Crippen LogP contribution is -2.13. The minimum absolute atomic E-state index is 0.452. The molecule has 0 amide bonds. The van der Waals surface area contributed by atoms with Crippen molar-refractivity contribution >= 4 is 5.69 Å². The first-order chi connectivity index (χ1) is 12.0. The fraction of sp³-hybridized carbons (Fsp3) is 0.333. The Morgan fingerprint density at radius 1 is 1.32 bits per heavy atom. The molecule has 0 saturated heterocycles. The Morgan fingerprint density at radius 3 is 2.88 bits per heavy atom. The van der Waals surface area contributed by atoms with Gasteiger partial charge in [-0.25, -0.2) is 0 Å². The van der Waals surface area contributed by atoms with E-state index in [1.165, 1.54) is 0 Å². The van der Waals surface area contributed by atoms with Gasteiger partial charge in [0.25, 0.3) is 0 Å². The molecule has 1 atom stereocenters. The number of nitrogens with zero attached hydrogens (tertiary/aromatic N) is 3. The Labute approximate surface area is 145 Å². The number of H-pyrrole nitrogens is 1. The third kappa shape index (κ3) is 2.87. The lowest BCUT2D eigenvalue weighted by molar-refractivity contribution is 0.224. The van der Waals surface area contributed by atoms with Gasteiger partial charge in [-0.3, -0.25) is 9.78 Å². The number of hydrogen-bond donors (Lipinski definition) is 3. The Bertz CT molecular complexity index is 906. The minimum atomic E-state index is -0.608. The summed E-state index contributed by atoms with van der Waals surface area (Å²) in [5.74, 6) is 0.813. The zero-order chi connectivity index (χ0) is 17.6. The fourth-order valence-electron chi connectivity index (χ4n) is 3.22. The average molecular weight is 339 g/mol. The van der Waals surface area contributed by atoms with Crippen molar-refractivity contribution in [2.75, 3.05) is 5.32 Å². The number of benzene rings is 1. The maximum atomic E-state index is 9.47. The largest absolute Gasteiger partial charge is 0.487 e. The summed E-state index contributed by atoms with van der Waals surface area (Å²) in [4.78, 5) is 0. The highest BCUT2D eigenvalue weighted by Crippen LogP contribution is 2.31. The Hall–Kier alpha value is -2.80. The molecule has 7 nitrogen and oxygen atoms in total. The van der Waals surface area contributed by atoms with E-state index in [0.29, 0.717) is 13.2 Å². The lowest BCUT2D eigenvalue weighted by atomic mass is 10.1. The van der Waals surface area contributed by atoms with Crippen LogP contribution in [0.1, 0.15) is 29.6 Å². The van der Waals surface area contributed by atoms with Crippen molar-refractivity contribution in [1.82, 2.24) is 20.0 Å². The number of rotatable bonds is 3. The van der Waals surface area contributed by atoms with Crippen molar-refractivity contribution < 1.29 is 9.84 Å². The second kappa shape index (κ2) is 5.93. The molecule has 4 rings (SSSR count). The number of fused-ring (bicyclic) bond motifs is 2. The highest BCUT2D eigenvalue weighted by atomic mass is 16.5. The molecule has 0 spiro atoms. The Balaban J connectivity index is 1.66. The predicted octanol–water partition coefficient (Wildman–Crippen LogP) is 2.58. The van der Waals surface area contributed by atoms with Crippen LogP contribution in [0.3, 0.4) is 0 Å².